The van der Waals surface area contributed by atoms with Crippen LogP contribution in [-0.4, -0.2) is 37.0 Å². The molecule has 1 aromatic rings. The molecule has 0 aliphatic carbocycles. The Morgan fingerprint density at radius 2 is 2.14 bits per heavy atom. The first-order valence-corrected chi connectivity index (χ1v) is 4.84. The minimum atomic E-state index is 0.0899. The molecule has 1 saturated heterocycles. The third-order valence-corrected chi connectivity index (χ3v) is 2.34. The zero-order valence-electron chi connectivity index (χ0n) is 7.99. The number of nitrogens with one attached hydrogen (secondary N) is 1. The Morgan fingerprint density at radius 1 is 1.36 bits per heavy atom. The van der Waals surface area contributed by atoms with E-state index in [0.717, 1.165) is 26.2 Å². The van der Waals surface area contributed by atoms with E-state index in [-0.39, 0.29) is 5.91 Å². The monoisotopic (exact) mass is 189 g/mol. The summed E-state index contributed by atoms with van der Waals surface area (Å²) in [4.78, 5) is 13.7. The van der Waals surface area contributed by atoms with Crippen LogP contribution in [0.15, 0.2) is 24.3 Å². The quantitative estimate of drug-likeness (QED) is 0.699. The fourth-order valence-electron chi connectivity index (χ4n) is 1.56. The number of nitrogens with zero attached hydrogens (tertiary/aromatic N) is 1. The lowest BCUT2D eigenvalue weighted by Gasteiger charge is -2.27. The van der Waals surface area contributed by atoms with Gasteiger partial charge < -0.3 is 10.2 Å². The number of rotatable bonds is 1. The number of piperazine rings is 1. The molecule has 1 radical (unpaired) electrons. The molecule has 1 fully saturated rings. The van der Waals surface area contributed by atoms with E-state index in [0.29, 0.717) is 5.56 Å². The highest BCUT2D eigenvalue weighted by molar-refractivity contribution is 5.93. The summed E-state index contributed by atoms with van der Waals surface area (Å²) in [5.74, 6) is 0.0899. The van der Waals surface area contributed by atoms with E-state index in [1.54, 1.807) is 6.07 Å². The lowest BCUT2D eigenvalue weighted by molar-refractivity contribution is 0.0735. The summed E-state index contributed by atoms with van der Waals surface area (Å²) >= 11 is 0. The van der Waals surface area contributed by atoms with Gasteiger partial charge in [-0.05, 0) is 12.1 Å². The Morgan fingerprint density at radius 3 is 2.79 bits per heavy atom. The summed E-state index contributed by atoms with van der Waals surface area (Å²) in [6, 6.07) is 10.3. The Balaban J connectivity index is 2.07. The van der Waals surface area contributed by atoms with Crippen LogP contribution in [0.5, 0.6) is 0 Å². The van der Waals surface area contributed by atoms with Gasteiger partial charge in [-0.3, -0.25) is 4.79 Å². The summed E-state index contributed by atoms with van der Waals surface area (Å²) in [6.45, 7) is 3.36. The van der Waals surface area contributed by atoms with Crippen LogP contribution in [-0.2, 0) is 0 Å². The molecule has 1 aliphatic rings. The molecule has 1 aromatic carbocycles. The molecule has 1 amide bonds. The van der Waals surface area contributed by atoms with Crippen LogP contribution in [0.2, 0.25) is 0 Å². The summed E-state index contributed by atoms with van der Waals surface area (Å²) in [7, 11) is 0. The molecule has 0 atom stereocenters. The predicted octanol–water partition coefficient (Wildman–Crippen LogP) is 0.532. The summed E-state index contributed by atoms with van der Waals surface area (Å²) in [5, 5.41) is 3.22. The van der Waals surface area contributed by atoms with Crippen molar-refractivity contribution < 1.29 is 4.79 Å². The molecular formula is C11H13N2O. The number of hydrogen-bond donors (Lipinski definition) is 1. The van der Waals surface area contributed by atoms with Gasteiger partial charge in [0.2, 0.25) is 0 Å². The van der Waals surface area contributed by atoms with Crippen molar-refractivity contribution in [2.75, 3.05) is 26.2 Å². The fourth-order valence-corrected chi connectivity index (χ4v) is 1.56. The standard InChI is InChI=1S/C11H13N2O/c14-11(10-4-2-1-3-5-10)13-8-6-12-7-9-13/h1-4,12H,6-9H2. The van der Waals surface area contributed by atoms with Gasteiger partial charge in [0.1, 0.15) is 0 Å². The topological polar surface area (TPSA) is 32.3 Å². The normalized spacial score (nSPS) is 16.7. The smallest absolute Gasteiger partial charge is 0.254 e. The second-order valence-electron chi connectivity index (χ2n) is 3.32. The molecule has 1 heterocycles. The van der Waals surface area contributed by atoms with Gasteiger partial charge >= 0.3 is 0 Å². The van der Waals surface area contributed by atoms with Crippen molar-refractivity contribution in [3.05, 3.63) is 35.9 Å². The van der Waals surface area contributed by atoms with E-state index < -0.39 is 0 Å². The van der Waals surface area contributed by atoms with Crippen LogP contribution in [0.25, 0.3) is 0 Å². The van der Waals surface area contributed by atoms with Crippen LogP contribution < -0.4 is 5.32 Å². The van der Waals surface area contributed by atoms with E-state index in [9.17, 15) is 4.79 Å². The lowest BCUT2D eigenvalue weighted by Crippen LogP contribution is -2.46. The molecule has 0 bridgehead atoms. The van der Waals surface area contributed by atoms with Crippen molar-refractivity contribution in [3.8, 4) is 0 Å². The maximum Gasteiger partial charge on any atom is 0.254 e. The second kappa shape index (κ2) is 4.24. The molecule has 73 valence electrons. The van der Waals surface area contributed by atoms with E-state index >= 15 is 0 Å². The zero-order valence-corrected chi connectivity index (χ0v) is 7.99. The second-order valence-corrected chi connectivity index (χ2v) is 3.32. The van der Waals surface area contributed by atoms with Gasteiger partial charge in [0.15, 0.2) is 0 Å². The van der Waals surface area contributed by atoms with Gasteiger partial charge in [0.05, 0.1) is 0 Å². The van der Waals surface area contributed by atoms with Gasteiger partial charge in [0.25, 0.3) is 5.91 Å². The molecule has 0 aromatic heterocycles. The molecule has 3 heteroatoms. The molecule has 14 heavy (non-hydrogen) atoms. The first-order chi connectivity index (χ1) is 6.88. The summed E-state index contributed by atoms with van der Waals surface area (Å²) < 4.78 is 0. The Kier molecular flexibility index (Phi) is 2.79. The Hall–Kier alpha value is -1.35. The van der Waals surface area contributed by atoms with Crippen molar-refractivity contribution in [1.29, 1.82) is 0 Å². The molecule has 0 spiro atoms. The number of amides is 1. The maximum atomic E-state index is 11.9. The van der Waals surface area contributed by atoms with Crippen LogP contribution in [0.3, 0.4) is 0 Å². The number of carbonyl (C=O) groups excluding carboxylic acids is 1. The number of carbonyl (C=O) groups is 1. The van der Waals surface area contributed by atoms with Crippen molar-refractivity contribution in [2.45, 2.75) is 0 Å². The average molecular weight is 189 g/mol. The number of hydrogen-bond acceptors (Lipinski definition) is 2. The Labute approximate surface area is 83.7 Å². The Bertz CT molecular complexity index is 304. The minimum absolute atomic E-state index is 0.0899. The summed E-state index contributed by atoms with van der Waals surface area (Å²) in [5.41, 5.74) is 0.661. The highest BCUT2D eigenvalue weighted by Crippen LogP contribution is 2.04. The largest absolute Gasteiger partial charge is 0.336 e. The van der Waals surface area contributed by atoms with Crippen LogP contribution in [0.1, 0.15) is 10.4 Å². The molecule has 0 saturated carbocycles. The fraction of sp³-hybridized carbons (Fsp3) is 0.364. The van der Waals surface area contributed by atoms with E-state index in [1.807, 2.05) is 23.1 Å². The highest BCUT2D eigenvalue weighted by Gasteiger charge is 2.17. The third kappa shape index (κ3) is 1.93. The van der Waals surface area contributed by atoms with Gasteiger partial charge in [-0.1, -0.05) is 18.2 Å². The van der Waals surface area contributed by atoms with E-state index in [2.05, 4.69) is 11.4 Å². The summed E-state index contributed by atoms with van der Waals surface area (Å²) in [6.07, 6.45) is 0. The van der Waals surface area contributed by atoms with Gasteiger partial charge in [0, 0.05) is 31.7 Å². The van der Waals surface area contributed by atoms with Crippen LogP contribution in [0.4, 0.5) is 0 Å². The van der Waals surface area contributed by atoms with Gasteiger partial charge in [-0.15, -0.1) is 0 Å². The van der Waals surface area contributed by atoms with Gasteiger partial charge in [-0.2, -0.15) is 0 Å². The van der Waals surface area contributed by atoms with Crippen molar-refractivity contribution in [1.82, 2.24) is 10.2 Å². The lowest BCUT2D eigenvalue weighted by atomic mass is 10.2. The van der Waals surface area contributed by atoms with Crippen molar-refractivity contribution in [3.63, 3.8) is 0 Å². The number of benzene rings is 1. The van der Waals surface area contributed by atoms with Gasteiger partial charge in [-0.25, -0.2) is 0 Å². The SMILES string of the molecule is O=C(c1[c]cccc1)N1CCNCC1. The molecule has 0 unspecified atom stereocenters. The molecule has 3 nitrogen and oxygen atoms in total. The van der Waals surface area contributed by atoms with E-state index in [1.165, 1.54) is 0 Å². The average Bonchev–Trinajstić information content (AvgIpc) is 2.30. The molecule has 2 rings (SSSR count). The first-order valence-electron chi connectivity index (χ1n) is 4.84. The maximum absolute atomic E-state index is 11.9. The highest BCUT2D eigenvalue weighted by atomic mass is 16.2. The first kappa shape index (κ1) is 9.21. The minimum Gasteiger partial charge on any atom is -0.336 e. The van der Waals surface area contributed by atoms with Crippen LogP contribution in [0, 0.1) is 6.07 Å². The zero-order chi connectivity index (χ0) is 9.80. The molecular weight excluding hydrogens is 176 g/mol. The predicted molar refractivity (Wildman–Crippen MR) is 54.1 cm³/mol. The molecule has 1 N–H and O–H groups in total. The third-order valence-electron chi connectivity index (χ3n) is 2.34. The van der Waals surface area contributed by atoms with Crippen LogP contribution >= 0.6 is 0 Å². The van der Waals surface area contributed by atoms with Crippen molar-refractivity contribution in [2.24, 2.45) is 0 Å². The van der Waals surface area contributed by atoms with E-state index in [4.69, 9.17) is 0 Å². The molecule has 1 aliphatic heterocycles. The van der Waals surface area contributed by atoms with Crippen molar-refractivity contribution >= 4 is 5.91 Å².